The molecule has 0 unspecified atom stereocenters. The molecule has 0 saturated heterocycles. The summed E-state index contributed by atoms with van der Waals surface area (Å²) in [5, 5.41) is 0.203. The van der Waals surface area contributed by atoms with Crippen LogP contribution in [0.25, 0.3) is 28.3 Å². The van der Waals surface area contributed by atoms with Gasteiger partial charge in [-0.1, -0.05) is 66.8 Å². The van der Waals surface area contributed by atoms with E-state index in [1.165, 1.54) is 11.1 Å². The number of benzene rings is 2. The Bertz CT molecular complexity index is 962. The van der Waals surface area contributed by atoms with Crippen molar-refractivity contribution in [2.45, 2.75) is 12.8 Å². The molecule has 122 valence electrons. The van der Waals surface area contributed by atoms with Gasteiger partial charge in [-0.05, 0) is 41.6 Å². The van der Waals surface area contributed by atoms with Gasteiger partial charge in [-0.15, -0.1) is 0 Å². The lowest BCUT2D eigenvalue weighted by Crippen LogP contribution is -1.98. The zero-order valence-corrected chi connectivity index (χ0v) is 14.3. The molecule has 0 aliphatic heterocycles. The van der Waals surface area contributed by atoms with Crippen LogP contribution in [-0.4, -0.2) is 15.0 Å². The molecule has 3 nitrogen and oxygen atoms in total. The summed E-state index contributed by atoms with van der Waals surface area (Å²) in [7, 11) is 0. The first-order valence-electron chi connectivity index (χ1n) is 8.23. The molecule has 0 amide bonds. The Hall–Kier alpha value is -2.78. The number of hydrogen-bond acceptors (Lipinski definition) is 3. The normalized spacial score (nSPS) is 13.6. The lowest BCUT2D eigenvalue weighted by molar-refractivity contribution is 1.05. The van der Waals surface area contributed by atoms with E-state index in [9.17, 15) is 0 Å². The Morgan fingerprint density at radius 1 is 0.760 bits per heavy atom. The second kappa shape index (κ2) is 6.99. The van der Waals surface area contributed by atoms with Gasteiger partial charge in [0.25, 0.3) is 0 Å². The monoisotopic (exact) mass is 345 g/mol. The standard InChI is InChI=1S/C21H16ClN3/c22-21-24-19(16-10-5-2-6-11-16)23-20(25-21)18-13-7-12-17(14-18)15-8-3-1-4-9-15/h1-3,5-8,10-14H,4,9H2. The molecule has 0 atom stereocenters. The first-order valence-corrected chi connectivity index (χ1v) is 8.61. The summed E-state index contributed by atoms with van der Waals surface area (Å²) in [6.07, 6.45) is 8.58. The van der Waals surface area contributed by atoms with Gasteiger partial charge in [-0.2, -0.15) is 9.97 Å². The van der Waals surface area contributed by atoms with Crippen LogP contribution in [0.1, 0.15) is 18.4 Å². The van der Waals surface area contributed by atoms with Gasteiger partial charge in [0.1, 0.15) is 0 Å². The maximum Gasteiger partial charge on any atom is 0.226 e. The summed E-state index contributed by atoms with van der Waals surface area (Å²) in [6.45, 7) is 0. The SMILES string of the molecule is Clc1nc(-c2ccccc2)nc(-c2cccc(C3=CC=CCC3)c2)n1. The topological polar surface area (TPSA) is 38.7 Å². The molecule has 4 rings (SSSR count). The number of rotatable bonds is 3. The number of allylic oxidation sites excluding steroid dienone is 4. The molecule has 0 saturated carbocycles. The Labute approximate surface area is 151 Å². The molecule has 3 aromatic rings. The number of aromatic nitrogens is 3. The van der Waals surface area contributed by atoms with Gasteiger partial charge in [-0.25, -0.2) is 4.98 Å². The van der Waals surface area contributed by atoms with Crippen LogP contribution < -0.4 is 0 Å². The van der Waals surface area contributed by atoms with Gasteiger partial charge in [0, 0.05) is 11.1 Å². The minimum atomic E-state index is 0.203. The van der Waals surface area contributed by atoms with Crippen LogP contribution in [0.4, 0.5) is 0 Å². The molecule has 0 fully saturated rings. The van der Waals surface area contributed by atoms with Crippen LogP contribution in [-0.2, 0) is 0 Å². The molecule has 1 aromatic heterocycles. The van der Waals surface area contributed by atoms with Gasteiger partial charge in [0.05, 0.1) is 0 Å². The average Bonchev–Trinajstić information content (AvgIpc) is 2.69. The Morgan fingerprint density at radius 3 is 2.24 bits per heavy atom. The van der Waals surface area contributed by atoms with Crippen LogP contribution in [0.3, 0.4) is 0 Å². The van der Waals surface area contributed by atoms with Crippen LogP contribution >= 0.6 is 11.6 Å². The van der Waals surface area contributed by atoms with E-state index in [1.807, 2.05) is 42.5 Å². The van der Waals surface area contributed by atoms with Crippen molar-refractivity contribution in [3.05, 3.63) is 83.7 Å². The highest BCUT2D eigenvalue weighted by Crippen LogP contribution is 2.28. The first-order chi connectivity index (χ1) is 12.3. The second-order valence-corrected chi connectivity index (χ2v) is 6.20. The molecular formula is C21H16ClN3. The van der Waals surface area contributed by atoms with Gasteiger partial charge in [0.15, 0.2) is 11.6 Å². The highest BCUT2D eigenvalue weighted by Gasteiger charge is 2.11. The third-order valence-corrected chi connectivity index (χ3v) is 4.31. The largest absolute Gasteiger partial charge is 0.226 e. The zero-order chi connectivity index (χ0) is 17.1. The zero-order valence-electron chi connectivity index (χ0n) is 13.6. The number of hydrogen-bond donors (Lipinski definition) is 0. The molecule has 25 heavy (non-hydrogen) atoms. The van der Waals surface area contributed by atoms with Crippen molar-refractivity contribution in [2.75, 3.05) is 0 Å². The van der Waals surface area contributed by atoms with Gasteiger partial charge in [0.2, 0.25) is 5.28 Å². The fraction of sp³-hybridized carbons (Fsp3) is 0.0952. The van der Waals surface area contributed by atoms with Crippen molar-refractivity contribution in [2.24, 2.45) is 0 Å². The molecule has 0 N–H and O–H groups in total. The van der Waals surface area contributed by atoms with Crippen LogP contribution in [0.15, 0.2) is 72.8 Å². The molecule has 1 aliphatic carbocycles. The lowest BCUT2D eigenvalue weighted by atomic mass is 9.96. The van der Waals surface area contributed by atoms with Gasteiger partial charge < -0.3 is 0 Å². The molecule has 1 aliphatic rings. The summed E-state index contributed by atoms with van der Waals surface area (Å²) in [4.78, 5) is 13.2. The summed E-state index contributed by atoms with van der Waals surface area (Å²) in [5.41, 5.74) is 4.38. The highest BCUT2D eigenvalue weighted by atomic mass is 35.5. The van der Waals surface area contributed by atoms with E-state index < -0.39 is 0 Å². The third kappa shape index (κ3) is 3.52. The Morgan fingerprint density at radius 2 is 1.48 bits per heavy atom. The fourth-order valence-corrected chi connectivity index (χ4v) is 3.06. The van der Waals surface area contributed by atoms with Gasteiger partial charge >= 0.3 is 0 Å². The molecule has 0 spiro atoms. The van der Waals surface area contributed by atoms with Crippen LogP contribution in [0.5, 0.6) is 0 Å². The summed E-state index contributed by atoms with van der Waals surface area (Å²) in [6, 6.07) is 18.1. The summed E-state index contributed by atoms with van der Waals surface area (Å²) in [5.74, 6) is 1.17. The molecule has 0 radical (unpaired) electrons. The smallest absolute Gasteiger partial charge is 0.208 e. The number of nitrogens with zero attached hydrogens (tertiary/aromatic N) is 3. The molecule has 1 heterocycles. The predicted molar refractivity (Wildman–Crippen MR) is 102 cm³/mol. The van der Waals surface area contributed by atoms with E-state index in [0.717, 1.165) is 24.0 Å². The second-order valence-electron chi connectivity index (χ2n) is 5.86. The average molecular weight is 346 g/mol. The van der Waals surface area contributed by atoms with E-state index >= 15 is 0 Å². The Kier molecular flexibility index (Phi) is 4.40. The van der Waals surface area contributed by atoms with Crippen molar-refractivity contribution in [1.29, 1.82) is 0 Å². The number of halogens is 1. The van der Waals surface area contributed by atoms with Crippen molar-refractivity contribution >= 4 is 17.2 Å². The van der Waals surface area contributed by atoms with E-state index in [0.29, 0.717) is 11.6 Å². The lowest BCUT2D eigenvalue weighted by Gasteiger charge is -2.11. The van der Waals surface area contributed by atoms with E-state index in [1.54, 1.807) is 0 Å². The van der Waals surface area contributed by atoms with Gasteiger partial charge in [-0.3, -0.25) is 0 Å². The van der Waals surface area contributed by atoms with E-state index in [-0.39, 0.29) is 5.28 Å². The third-order valence-electron chi connectivity index (χ3n) is 4.15. The molecule has 2 aromatic carbocycles. The fourth-order valence-electron chi connectivity index (χ4n) is 2.90. The highest BCUT2D eigenvalue weighted by molar-refractivity contribution is 6.28. The Balaban J connectivity index is 1.76. The minimum Gasteiger partial charge on any atom is -0.208 e. The molecular weight excluding hydrogens is 330 g/mol. The van der Waals surface area contributed by atoms with Crippen molar-refractivity contribution in [3.63, 3.8) is 0 Å². The summed E-state index contributed by atoms with van der Waals surface area (Å²) >= 11 is 6.16. The van der Waals surface area contributed by atoms with Crippen LogP contribution in [0.2, 0.25) is 5.28 Å². The van der Waals surface area contributed by atoms with Crippen LogP contribution in [0, 0.1) is 0 Å². The maximum atomic E-state index is 6.16. The predicted octanol–water partition coefficient (Wildman–Crippen LogP) is 5.59. The molecule has 4 heteroatoms. The quantitative estimate of drug-likeness (QED) is 0.620. The maximum absolute atomic E-state index is 6.16. The summed E-state index contributed by atoms with van der Waals surface area (Å²) < 4.78 is 0. The molecule has 0 bridgehead atoms. The van der Waals surface area contributed by atoms with Crippen molar-refractivity contribution < 1.29 is 0 Å². The van der Waals surface area contributed by atoms with E-state index in [2.05, 4.69) is 45.3 Å². The van der Waals surface area contributed by atoms with E-state index in [4.69, 9.17) is 11.6 Å². The van der Waals surface area contributed by atoms with Crippen molar-refractivity contribution in [3.8, 4) is 22.8 Å². The first kappa shape index (κ1) is 15.7. The minimum absolute atomic E-state index is 0.203. The van der Waals surface area contributed by atoms with Crippen molar-refractivity contribution in [1.82, 2.24) is 15.0 Å².